The molecule has 10 heteroatoms. The van der Waals surface area contributed by atoms with E-state index in [4.69, 9.17) is 11.6 Å². The molecule has 1 atom stereocenters. The van der Waals surface area contributed by atoms with E-state index < -0.39 is 12.0 Å². The van der Waals surface area contributed by atoms with Crippen LogP contribution in [-0.4, -0.2) is 55.4 Å². The first-order valence-corrected chi connectivity index (χ1v) is 13.9. The van der Waals surface area contributed by atoms with E-state index in [0.29, 0.717) is 23.0 Å². The molecule has 6 rings (SSSR count). The van der Waals surface area contributed by atoms with Crippen LogP contribution in [0, 0.1) is 11.3 Å². The van der Waals surface area contributed by atoms with E-state index in [2.05, 4.69) is 33.3 Å². The Labute approximate surface area is 242 Å². The predicted octanol–water partition coefficient (Wildman–Crippen LogP) is 4.51. The average Bonchev–Trinajstić information content (AvgIpc) is 2.85. The van der Waals surface area contributed by atoms with Crippen LogP contribution in [0.3, 0.4) is 0 Å². The molecule has 0 radical (unpaired) electrons. The highest BCUT2D eigenvalue weighted by molar-refractivity contribution is 7.59. The highest BCUT2D eigenvalue weighted by atomic mass is 32.1. The molecule has 3 aromatic rings. The van der Waals surface area contributed by atoms with E-state index in [1.165, 1.54) is 10.6 Å². The summed E-state index contributed by atoms with van der Waals surface area (Å²) in [5.74, 6) is 6.48. The van der Waals surface area contributed by atoms with Gasteiger partial charge in [-0.1, -0.05) is 44.5 Å². The summed E-state index contributed by atoms with van der Waals surface area (Å²) in [6.45, 7) is 5.72. The summed E-state index contributed by atoms with van der Waals surface area (Å²) in [5.41, 5.74) is 9.98. The Bertz CT molecular complexity index is 1380. The van der Waals surface area contributed by atoms with E-state index in [-0.39, 0.29) is 30.6 Å². The number of aliphatic carboxylic acids is 1. The molecule has 0 bridgehead atoms. The molecular weight excluding hydrogens is 524 g/mol. The van der Waals surface area contributed by atoms with Gasteiger partial charge in [-0.25, -0.2) is 10.6 Å². The summed E-state index contributed by atoms with van der Waals surface area (Å²) < 4.78 is 0. The van der Waals surface area contributed by atoms with Gasteiger partial charge in [0, 0.05) is 29.5 Å². The van der Waals surface area contributed by atoms with Gasteiger partial charge < -0.3 is 25.9 Å². The summed E-state index contributed by atoms with van der Waals surface area (Å²) in [4.78, 5) is 13.8. The van der Waals surface area contributed by atoms with E-state index in [0.717, 1.165) is 56.1 Å². The number of carboxylic acid groups (broad SMARTS) is 1. The standard InChI is InChI=1S/C28H32N6O3.C2H6.H2S/c29-25(14-34(30)26(27(36)37)17-4-3-5-17)33-15-28(16-33)12-20(13-28)18-8-9-19-11-23(32-31-22(19)10-18)21-6-1-2-7-24(21)35;1-2;/h1-2,6-11,14,17,20,26,35H,3-5,12-13,15-16,29-30H2,(H,36,37);1-2H3;1H2/b25-14+;;. The quantitative estimate of drug-likeness (QED) is 0.241. The molecule has 3 fully saturated rings. The van der Waals surface area contributed by atoms with Crippen LogP contribution in [0.1, 0.15) is 57.4 Å². The van der Waals surface area contributed by atoms with Crippen molar-refractivity contribution in [2.75, 3.05) is 13.1 Å². The number of nitrogens with two attached hydrogens (primary N) is 2. The number of phenols is 1. The molecule has 9 nitrogen and oxygen atoms in total. The average molecular weight is 565 g/mol. The minimum atomic E-state index is -0.896. The van der Waals surface area contributed by atoms with Crippen LogP contribution < -0.4 is 11.6 Å². The number of nitrogens with zero attached hydrogens (tertiary/aromatic N) is 4. The number of rotatable bonds is 7. The second-order valence-electron chi connectivity index (χ2n) is 11.0. The van der Waals surface area contributed by atoms with E-state index >= 15 is 0 Å². The highest BCUT2D eigenvalue weighted by Gasteiger charge is 2.53. The number of likely N-dealkylation sites (tertiary alicyclic amines) is 1. The Morgan fingerprint density at radius 2 is 1.82 bits per heavy atom. The maximum atomic E-state index is 11.7. The summed E-state index contributed by atoms with van der Waals surface area (Å²) in [5, 5.41) is 30.8. The number of para-hydroxylation sites is 1. The third-order valence-electron chi connectivity index (χ3n) is 8.49. The Morgan fingerprint density at radius 3 is 2.45 bits per heavy atom. The van der Waals surface area contributed by atoms with Gasteiger partial charge in [0.1, 0.15) is 17.6 Å². The Balaban J connectivity index is 0.00000121. The smallest absolute Gasteiger partial charge is 0.328 e. The fraction of sp³-hybridized carbons (Fsp3) is 0.433. The van der Waals surface area contributed by atoms with Gasteiger partial charge in [0.25, 0.3) is 0 Å². The molecule has 1 saturated heterocycles. The number of hydrazine groups is 1. The molecule has 214 valence electrons. The largest absolute Gasteiger partial charge is 0.507 e. The van der Waals surface area contributed by atoms with Crippen molar-refractivity contribution in [1.82, 2.24) is 20.1 Å². The number of aromatic nitrogens is 2. The summed E-state index contributed by atoms with van der Waals surface area (Å²) in [6.07, 6.45) is 6.59. The third-order valence-corrected chi connectivity index (χ3v) is 8.49. The monoisotopic (exact) mass is 564 g/mol. The number of aromatic hydroxyl groups is 1. The van der Waals surface area contributed by atoms with Crippen molar-refractivity contribution in [3.05, 3.63) is 66.1 Å². The van der Waals surface area contributed by atoms with Crippen LogP contribution in [0.15, 0.2) is 60.6 Å². The lowest BCUT2D eigenvalue weighted by atomic mass is 9.56. The van der Waals surface area contributed by atoms with Crippen molar-refractivity contribution < 1.29 is 15.0 Å². The van der Waals surface area contributed by atoms with Gasteiger partial charge in [-0.3, -0.25) is 0 Å². The molecule has 2 saturated carbocycles. The van der Waals surface area contributed by atoms with E-state index in [1.807, 2.05) is 32.0 Å². The Hall–Kier alpha value is -3.50. The van der Waals surface area contributed by atoms with Crippen LogP contribution in [-0.2, 0) is 4.79 Å². The van der Waals surface area contributed by atoms with Crippen LogP contribution in [0.5, 0.6) is 5.75 Å². The predicted molar refractivity (Wildman–Crippen MR) is 161 cm³/mol. The molecule has 40 heavy (non-hydrogen) atoms. The normalized spacial score (nSPS) is 18.9. The molecule has 3 aliphatic rings. The van der Waals surface area contributed by atoms with Crippen molar-refractivity contribution in [2.24, 2.45) is 22.9 Å². The lowest BCUT2D eigenvalue weighted by Crippen LogP contribution is -2.62. The van der Waals surface area contributed by atoms with Crippen molar-refractivity contribution in [1.29, 1.82) is 0 Å². The molecule has 1 aromatic heterocycles. The lowest BCUT2D eigenvalue weighted by molar-refractivity contribution is -0.145. The fourth-order valence-electron chi connectivity index (χ4n) is 6.20. The first-order chi connectivity index (χ1) is 18.8. The van der Waals surface area contributed by atoms with Crippen LogP contribution >= 0.6 is 13.5 Å². The number of hydrogen-bond acceptors (Lipinski definition) is 8. The molecule has 1 spiro atoms. The van der Waals surface area contributed by atoms with Gasteiger partial charge >= 0.3 is 5.97 Å². The Kier molecular flexibility index (Phi) is 8.80. The zero-order valence-corrected chi connectivity index (χ0v) is 24.1. The number of carbonyl (C=O) groups is 1. The minimum Gasteiger partial charge on any atom is -0.507 e. The number of hydrogen-bond donors (Lipinski definition) is 4. The zero-order chi connectivity index (χ0) is 27.7. The highest BCUT2D eigenvalue weighted by Crippen LogP contribution is 2.56. The van der Waals surface area contributed by atoms with Crippen molar-refractivity contribution in [3.63, 3.8) is 0 Å². The number of phenolic OH excluding ortho intramolecular Hbond substituents is 1. The molecule has 2 aliphatic carbocycles. The molecule has 0 amide bonds. The van der Waals surface area contributed by atoms with Gasteiger partial charge in [0.2, 0.25) is 0 Å². The molecule has 1 unspecified atom stereocenters. The molecule has 6 N–H and O–H groups in total. The zero-order valence-electron chi connectivity index (χ0n) is 23.1. The van der Waals surface area contributed by atoms with Crippen LogP contribution in [0.2, 0.25) is 0 Å². The van der Waals surface area contributed by atoms with Gasteiger partial charge in [0.15, 0.2) is 0 Å². The molecule has 2 heterocycles. The number of fused-ring (bicyclic) bond motifs is 1. The number of benzene rings is 2. The number of carboxylic acids is 1. The maximum absolute atomic E-state index is 11.7. The van der Waals surface area contributed by atoms with Gasteiger partial charge in [-0.05, 0) is 67.3 Å². The summed E-state index contributed by atoms with van der Waals surface area (Å²) >= 11 is 0. The van der Waals surface area contributed by atoms with Gasteiger partial charge in [0.05, 0.1) is 17.4 Å². The maximum Gasteiger partial charge on any atom is 0.328 e. The first-order valence-electron chi connectivity index (χ1n) is 13.9. The summed E-state index contributed by atoms with van der Waals surface area (Å²) in [7, 11) is 0. The van der Waals surface area contributed by atoms with E-state index in [9.17, 15) is 15.0 Å². The lowest BCUT2D eigenvalue weighted by Gasteiger charge is -2.60. The minimum absolute atomic E-state index is 0. The van der Waals surface area contributed by atoms with Crippen molar-refractivity contribution in [2.45, 2.75) is 57.9 Å². The molecule has 2 aromatic carbocycles. The second kappa shape index (κ2) is 11.9. The van der Waals surface area contributed by atoms with Crippen LogP contribution in [0.25, 0.3) is 22.2 Å². The van der Waals surface area contributed by atoms with Gasteiger partial charge in [-0.15, -0.1) is 10.2 Å². The Morgan fingerprint density at radius 1 is 1.12 bits per heavy atom. The third kappa shape index (κ3) is 5.55. The molecular formula is C30H40N6O3S. The topological polar surface area (TPSA) is 142 Å². The summed E-state index contributed by atoms with van der Waals surface area (Å²) in [6, 6.07) is 14.8. The van der Waals surface area contributed by atoms with Gasteiger partial charge in [-0.2, -0.15) is 13.5 Å². The first kappa shape index (κ1) is 29.5. The molecule has 1 aliphatic heterocycles. The fourth-order valence-corrected chi connectivity index (χ4v) is 6.20. The SMILES string of the molecule is CC.N/C(=C\N(N)C(C(=O)O)C1CCC1)N1CC2(CC(c3ccc4cc(-c5ccccc5O)nnc4c3)C2)C1.S. The van der Waals surface area contributed by atoms with Crippen molar-refractivity contribution >= 4 is 30.4 Å². The van der Waals surface area contributed by atoms with Crippen LogP contribution in [0.4, 0.5) is 0 Å². The second-order valence-corrected chi connectivity index (χ2v) is 11.0. The van der Waals surface area contributed by atoms with Crippen molar-refractivity contribution in [3.8, 4) is 17.0 Å². The van der Waals surface area contributed by atoms with E-state index in [1.54, 1.807) is 18.3 Å².